The van der Waals surface area contributed by atoms with Crippen molar-refractivity contribution in [2.45, 2.75) is 46.1 Å². The number of benzene rings is 1. The Morgan fingerprint density at radius 1 is 1.24 bits per heavy atom. The second-order valence-corrected chi connectivity index (χ2v) is 6.52. The molecule has 21 heavy (non-hydrogen) atoms. The third-order valence-electron chi connectivity index (χ3n) is 4.54. The SMILES string of the molecule is Cc1ccc(OCCC(O)CN2CCC(C)CC2)cc1C. The molecule has 1 atom stereocenters. The first kappa shape index (κ1) is 16.3. The van der Waals surface area contributed by atoms with Gasteiger partial charge in [-0.2, -0.15) is 0 Å². The van der Waals surface area contributed by atoms with Crippen molar-refractivity contribution in [3.05, 3.63) is 29.3 Å². The fraction of sp³-hybridized carbons (Fsp3) is 0.667. The standard InChI is InChI=1S/C18H29NO2/c1-14-6-9-19(10-7-14)13-17(20)8-11-21-18-5-4-15(2)16(3)12-18/h4-5,12,14,17,20H,6-11,13H2,1-3H3. The molecule has 3 nitrogen and oxygen atoms in total. The van der Waals surface area contributed by atoms with Gasteiger partial charge in [-0.05, 0) is 69.0 Å². The summed E-state index contributed by atoms with van der Waals surface area (Å²) in [5.74, 6) is 1.74. The van der Waals surface area contributed by atoms with Crippen LogP contribution in [0.2, 0.25) is 0 Å². The van der Waals surface area contributed by atoms with Gasteiger partial charge in [-0.15, -0.1) is 0 Å². The van der Waals surface area contributed by atoms with E-state index in [1.807, 2.05) is 6.07 Å². The highest BCUT2D eigenvalue weighted by Crippen LogP contribution is 2.18. The van der Waals surface area contributed by atoms with Crippen LogP contribution < -0.4 is 4.74 Å². The molecule has 0 aliphatic carbocycles. The number of aliphatic hydroxyl groups excluding tert-OH is 1. The Bertz CT molecular complexity index is 439. The Balaban J connectivity index is 1.66. The molecule has 1 N–H and O–H groups in total. The van der Waals surface area contributed by atoms with Crippen molar-refractivity contribution in [1.82, 2.24) is 4.90 Å². The minimum absolute atomic E-state index is 0.287. The number of piperidine rings is 1. The highest BCUT2D eigenvalue weighted by atomic mass is 16.5. The third-order valence-corrected chi connectivity index (χ3v) is 4.54. The van der Waals surface area contributed by atoms with Gasteiger partial charge in [-0.3, -0.25) is 0 Å². The van der Waals surface area contributed by atoms with E-state index in [0.717, 1.165) is 31.3 Å². The zero-order valence-corrected chi connectivity index (χ0v) is 13.6. The molecule has 0 spiro atoms. The maximum Gasteiger partial charge on any atom is 0.119 e. The number of β-amino-alcohol motifs (C(OH)–C–C–N with tert-alkyl or cyclic N) is 1. The van der Waals surface area contributed by atoms with Crippen LogP contribution in [0.4, 0.5) is 0 Å². The largest absolute Gasteiger partial charge is 0.493 e. The Hall–Kier alpha value is -1.06. The lowest BCUT2D eigenvalue weighted by Gasteiger charge is -2.31. The smallest absolute Gasteiger partial charge is 0.119 e. The van der Waals surface area contributed by atoms with Crippen LogP contribution >= 0.6 is 0 Å². The summed E-state index contributed by atoms with van der Waals surface area (Å²) in [5.41, 5.74) is 2.53. The van der Waals surface area contributed by atoms with Gasteiger partial charge in [0.2, 0.25) is 0 Å². The number of nitrogens with zero attached hydrogens (tertiary/aromatic N) is 1. The van der Waals surface area contributed by atoms with Crippen LogP contribution in [-0.2, 0) is 0 Å². The van der Waals surface area contributed by atoms with E-state index in [0.29, 0.717) is 13.0 Å². The normalized spacial score (nSPS) is 18.7. The van der Waals surface area contributed by atoms with Gasteiger partial charge in [0.05, 0.1) is 12.7 Å². The van der Waals surface area contributed by atoms with Gasteiger partial charge in [0.1, 0.15) is 5.75 Å². The minimum Gasteiger partial charge on any atom is -0.493 e. The van der Waals surface area contributed by atoms with Gasteiger partial charge in [0.25, 0.3) is 0 Å². The molecule has 1 fully saturated rings. The number of ether oxygens (including phenoxy) is 1. The van der Waals surface area contributed by atoms with Gasteiger partial charge in [0, 0.05) is 13.0 Å². The molecule has 1 aliphatic heterocycles. The molecule has 0 aromatic heterocycles. The fourth-order valence-electron chi connectivity index (χ4n) is 2.75. The molecule has 0 saturated carbocycles. The van der Waals surface area contributed by atoms with Gasteiger partial charge < -0.3 is 14.7 Å². The van der Waals surface area contributed by atoms with Crippen molar-refractivity contribution < 1.29 is 9.84 Å². The molecule has 1 heterocycles. The summed E-state index contributed by atoms with van der Waals surface area (Å²) in [6, 6.07) is 6.14. The molecule has 118 valence electrons. The van der Waals surface area contributed by atoms with E-state index in [9.17, 15) is 5.11 Å². The van der Waals surface area contributed by atoms with E-state index in [1.165, 1.54) is 24.0 Å². The third kappa shape index (κ3) is 5.33. The monoisotopic (exact) mass is 291 g/mol. The summed E-state index contributed by atoms with van der Waals surface area (Å²) in [6.45, 7) is 10.1. The minimum atomic E-state index is -0.287. The van der Waals surface area contributed by atoms with E-state index in [4.69, 9.17) is 4.74 Å². The first-order chi connectivity index (χ1) is 10.0. The lowest BCUT2D eigenvalue weighted by molar-refractivity contribution is 0.0754. The molecule has 1 aliphatic rings. The molecule has 3 heteroatoms. The van der Waals surface area contributed by atoms with Gasteiger partial charge in [-0.1, -0.05) is 13.0 Å². The van der Waals surface area contributed by atoms with Crippen LogP contribution in [-0.4, -0.2) is 42.4 Å². The number of aliphatic hydroxyl groups is 1. The number of aryl methyl sites for hydroxylation is 2. The van der Waals surface area contributed by atoms with E-state index in [-0.39, 0.29) is 6.10 Å². The number of likely N-dealkylation sites (tertiary alicyclic amines) is 1. The molecular weight excluding hydrogens is 262 g/mol. The Morgan fingerprint density at radius 2 is 1.95 bits per heavy atom. The summed E-state index contributed by atoms with van der Waals surface area (Å²) in [5, 5.41) is 10.1. The topological polar surface area (TPSA) is 32.7 Å². The van der Waals surface area contributed by atoms with Crippen LogP contribution in [0, 0.1) is 19.8 Å². The summed E-state index contributed by atoms with van der Waals surface area (Å²) in [4.78, 5) is 2.38. The van der Waals surface area contributed by atoms with Crippen molar-refractivity contribution >= 4 is 0 Å². The molecule has 2 rings (SSSR count). The maximum absolute atomic E-state index is 10.1. The molecule has 0 amide bonds. The summed E-state index contributed by atoms with van der Waals surface area (Å²) in [6.07, 6.45) is 2.92. The first-order valence-electron chi connectivity index (χ1n) is 8.15. The summed E-state index contributed by atoms with van der Waals surface area (Å²) >= 11 is 0. The number of hydrogen-bond acceptors (Lipinski definition) is 3. The van der Waals surface area contributed by atoms with Crippen LogP contribution in [0.1, 0.15) is 37.3 Å². The second kappa shape index (κ2) is 7.81. The molecule has 1 aromatic carbocycles. The quantitative estimate of drug-likeness (QED) is 0.874. The van der Waals surface area contributed by atoms with E-state index in [1.54, 1.807) is 0 Å². The maximum atomic E-state index is 10.1. The number of rotatable bonds is 6. The van der Waals surface area contributed by atoms with Gasteiger partial charge in [0.15, 0.2) is 0 Å². The average Bonchev–Trinajstić information content (AvgIpc) is 2.45. The van der Waals surface area contributed by atoms with Crippen LogP contribution in [0.15, 0.2) is 18.2 Å². The van der Waals surface area contributed by atoms with Gasteiger partial charge >= 0.3 is 0 Å². The van der Waals surface area contributed by atoms with Crippen molar-refractivity contribution in [3.63, 3.8) is 0 Å². The summed E-state index contributed by atoms with van der Waals surface area (Å²) in [7, 11) is 0. The Morgan fingerprint density at radius 3 is 2.62 bits per heavy atom. The molecule has 1 saturated heterocycles. The molecular formula is C18H29NO2. The van der Waals surface area contributed by atoms with Crippen molar-refractivity contribution in [3.8, 4) is 5.75 Å². The van der Waals surface area contributed by atoms with Crippen molar-refractivity contribution in [1.29, 1.82) is 0 Å². The lowest BCUT2D eigenvalue weighted by Crippen LogP contribution is -2.38. The zero-order valence-electron chi connectivity index (χ0n) is 13.6. The predicted molar refractivity (Wildman–Crippen MR) is 86.9 cm³/mol. The van der Waals surface area contributed by atoms with Crippen LogP contribution in [0.25, 0.3) is 0 Å². The van der Waals surface area contributed by atoms with E-state index >= 15 is 0 Å². The Kier molecular flexibility index (Phi) is 6.07. The summed E-state index contributed by atoms with van der Waals surface area (Å²) < 4.78 is 5.74. The number of hydrogen-bond donors (Lipinski definition) is 1. The molecule has 0 radical (unpaired) electrons. The van der Waals surface area contributed by atoms with E-state index in [2.05, 4.69) is 37.8 Å². The van der Waals surface area contributed by atoms with Gasteiger partial charge in [-0.25, -0.2) is 0 Å². The molecule has 0 bridgehead atoms. The lowest BCUT2D eigenvalue weighted by atomic mass is 9.99. The van der Waals surface area contributed by atoms with Crippen LogP contribution in [0.5, 0.6) is 5.75 Å². The fourth-order valence-corrected chi connectivity index (χ4v) is 2.75. The van der Waals surface area contributed by atoms with E-state index < -0.39 is 0 Å². The predicted octanol–water partition coefficient (Wildman–Crippen LogP) is 3.17. The Labute approximate surface area is 128 Å². The highest BCUT2D eigenvalue weighted by molar-refractivity contribution is 5.33. The average molecular weight is 291 g/mol. The molecule has 1 aromatic rings. The second-order valence-electron chi connectivity index (χ2n) is 6.52. The first-order valence-corrected chi connectivity index (χ1v) is 8.15. The molecule has 1 unspecified atom stereocenters. The van der Waals surface area contributed by atoms with Crippen molar-refractivity contribution in [2.24, 2.45) is 5.92 Å². The van der Waals surface area contributed by atoms with Crippen LogP contribution in [0.3, 0.4) is 0 Å². The zero-order chi connectivity index (χ0) is 15.2. The highest BCUT2D eigenvalue weighted by Gasteiger charge is 2.18. The van der Waals surface area contributed by atoms with Crippen molar-refractivity contribution in [2.75, 3.05) is 26.2 Å².